The Kier molecular flexibility index (Phi) is 3.98. The maximum atomic E-state index is 3.86. The summed E-state index contributed by atoms with van der Waals surface area (Å²) in [6, 6.07) is 27.3. The third kappa shape index (κ3) is 2.70. The van der Waals surface area contributed by atoms with Gasteiger partial charge in [0.15, 0.2) is 0 Å². The molecular weight excluding hydrogens is 356 g/mol. The fourth-order valence-electron chi connectivity index (χ4n) is 5.34. The lowest BCUT2D eigenvalue weighted by atomic mass is 9.88. The average molecular weight is 383 g/mol. The summed E-state index contributed by atoms with van der Waals surface area (Å²) >= 11 is 0. The first-order valence-corrected chi connectivity index (χ1v) is 10.7. The van der Waals surface area contributed by atoms with E-state index in [1.807, 2.05) is 0 Å². The van der Waals surface area contributed by atoms with Crippen molar-refractivity contribution in [2.45, 2.75) is 24.9 Å². The number of nitrogens with zero attached hydrogens (tertiary/aromatic N) is 2. The number of benzene rings is 3. The predicted molar refractivity (Wildman–Crippen MR) is 120 cm³/mol. The second kappa shape index (κ2) is 6.82. The Morgan fingerprint density at radius 2 is 1.52 bits per heavy atom. The van der Waals surface area contributed by atoms with Gasteiger partial charge in [-0.3, -0.25) is 10.0 Å². The van der Waals surface area contributed by atoms with Gasteiger partial charge < -0.3 is 10.6 Å². The van der Waals surface area contributed by atoms with Gasteiger partial charge in [-0.1, -0.05) is 54.6 Å². The van der Waals surface area contributed by atoms with Gasteiger partial charge in [-0.05, 0) is 54.3 Å². The Balaban J connectivity index is 1.47. The number of hydrazine groups is 1. The summed E-state index contributed by atoms with van der Waals surface area (Å²) < 4.78 is 0. The molecule has 3 aromatic rings. The number of anilines is 3. The molecule has 0 amide bonds. The van der Waals surface area contributed by atoms with Gasteiger partial charge in [-0.25, -0.2) is 0 Å². The Morgan fingerprint density at radius 3 is 2.45 bits per heavy atom. The van der Waals surface area contributed by atoms with Crippen LogP contribution in [0.5, 0.6) is 0 Å². The van der Waals surface area contributed by atoms with Gasteiger partial charge in [0.25, 0.3) is 0 Å². The molecule has 0 radical (unpaired) electrons. The molecular formula is C25H26N4. The molecule has 146 valence electrons. The Hall–Kier alpha value is -2.98. The van der Waals surface area contributed by atoms with Crippen molar-refractivity contribution in [2.75, 3.05) is 35.0 Å². The fourth-order valence-corrected chi connectivity index (χ4v) is 5.34. The lowest BCUT2D eigenvalue weighted by molar-refractivity contribution is 0.405. The van der Waals surface area contributed by atoms with E-state index in [1.165, 1.54) is 33.8 Å². The lowest BCUT2D eigenvalue weighted by Crippen LogP contribution is -2.55. The first-order chi connectivity index (χ1) is 14.4. The van der Waals surface area contributed by atoms with E-state index in [2.05, 4.69) is 93.4 Å². The van der Waals surface area contributed by atoms with Crippen LogP contribution in [0.15, 0.2) is 72.8 Å². The van der Waals surface area contributed by atoms with E-state index >= 15 is 0 Å². The zero-order chi connectivity index (χ0) is 19.2. The molecule has 0 fully saturated rings. The molecule has 0 saturated carbocycles. The highest BCUT2D eigenvalue weighted by Gasteiger charge is 2.41. The number of nitrogens with one attached hydrogen (secondary N) is 2. The molecule has 29 heavy (non-hydrogen) atoms. The van der Waals surface area contributed by atoms with Crippen molar-refractivity contribution < 1.29 is 0 Å². The van der Waals surface area contributed by atoms with Gasteiger partial charge in [-0.2, -0.15) is 0 Å². The molecule has 2 N–H and O–H groups in total. The highest BCUT2D eigenvalue weighted by Crippen LogP contribution is 2.43. The van der Waals surface area contributed by atoms with Crippen molar-refractivity contribution >= 4 is 17.1 Å². The molecule has 3 aromatic carbocycles. The molecule has 3 aliphatic heterocycles. The smallest absolute Gasteiger partial charge is 0.0806 e. The van der Waals surface area contributed by atoms with E-state index in [-0.39, 0.29) is 0 Å². The van der Waals surface area contributed by atoms with E-state index in [0.29, 0.717) is 12.1 Å². The van der Waals surface area contributed by atoms with Crippen LogP contribution in [-0.2, 0) is 12.8 Å². The molecule has 2 unspecified atom stereocenters. The van der Waals surface area contributed by atoms with E-state index in [4.69, 9.17) is 0 Å². The maximum absolute atomic E-state index is 3.86. The Morgan fingerprint density at radius 1 is 0.759 bits per heavy atom. The SMILES string of the molecule is c1ccc2c(c1)CCNC2C1Cc2ccccc2N1N1CCNc2ccccc21. The van der Waals surface area contributed by atoms with Crippen molar-refractivity contribution in [3.05, 3.63) is 89.5 Å². The topological polar surface area (TPSA) is 30.5 Å². The van der Waals surface area contributed by atoms with Gasteiger partial charge in [0, 0.05) is 6.54 Å². The molecule has 0 spiro atoms. The summed E-state index contributed by atoms with van der Waals surface area (Å²) in [5.41, 5.74) is 8.23. The maximum Gasteiger partial charge on any atom is 0.0806 e. The lowest BCUT2D eigenvalue weighted by Gasteiger charge is -2.46. The van der Waals surface area contributed by atoms with Gasteiger partial charge >= 0.3 is 0 Å². The second-order valence-electron chi connectivity index (χ2n) is 8.19. The zero-order valence-corrected chi connectivity index (χ0v) is 16.5. The Labute approximate surface area is 172 Å². The zero-order valence-electron chi connectivity index (χ0n) is 16.5. The standard InChI is InChI=1S/C25H26N4/c1-3-9-20-18(7-1)13-14-27-25(20)24-17-19-8-2-5-11-22(19)29(24)28-16-15-26-21-10-4-6-12-23(21)28/h1-12,24-27H,13-17H2. The van der Waals surface area contributed by atoms with E-state index < -0.39 is 0 Å². The van der Waals surface area contributed by atoms with Gasteiger partial charge in [0.1, 0.15) is 0 Å². The van der Waals surface area contributed by atoms with Crippen LogP contribution in [0, 0.1) is 0 Å². The molecule has 0 aromatic heterocycles. The predicted octanol–water partition coefficient (Wildman–Crippen LogP) is 4.15. The van der Waals surface area contributed by atoms with Crippen molar-refractivity contribution in [1.29, 1.82) is 0 Å². The van der Waals surface area contributed by atoms with Gasteiger partial charge in [0.05, 0.1) is 35.7 Å². The van der Waals surface area contributed by atoms with Crippen molar-refractivity contribution in [1.82, 2.24) is 5.32 Å². The number of hydrogen-bond acceptors (Lipinski definition) is 4. The minimum atomic E-state index is 0.328. The monoisotopic (exact) mass is 382 g/mol. The average Bonchev–Trinajstić information content (AvgIpc) is 3.17. The minimum Gasteiger partial charge on any atom is -0.381 e. The number of hydrogen-bond donors (Lipinski definition) is 2. The third-order valence-corrected chi connectivity index (χ3v) is 6.60. The third-order valence-electron chi connectivity index (χ3n) is 6.60. The van der Waals surface area contributed by atoms with E-state index in [9.17, 15) is 0 Å². The minimum absolute atomic E-state index is 0.328. The summed E-state index contributed by atoms with van der Waals surface area (Å²) in [4.78, 5) is 0. The number of para-hydroxylation sites is 3. The first-order valence-electron chi connectivity index (χ1n) is 10.7. The van der Waals surface area contributed by atoms with Crippen LogP contribution in [0.4, 0.5) is 17.1 Å². The first kappa shape index (κ1) is 16.9. The van der Waals surface area contributed by atoms with Gasteiger partial charge in [-0.15, -0.1) is 0 Å². The van der Waals surface area contributed by atoms with Crippen LogP contribution in [0.25, 0.3) is 0 Å². The molecule has 6 rings (SSSR count). The summed E-state index contributed by atoms with van der Waals surface area (Å²) in [7, 11) is 0. The molecule has 4 heteroatoms. The molecule has 3 aliphatic rings. The van der Waals surface area contributed by atoms with E-state index in [1.54, 1.807) is 0 Å². The van der Waals surface area contributed by atoms with Crippen LogP contribution in [0.3, 0.4) is 0 Å². The Bertz CT molecular complexity index is 1050. The second-order valence-corrected chi connectivity index (χ2v) is 8.19. The molecule has 4 nitrogen and oxygen atoms in total. The van der Waals surface area contributed by atoms with Gasteiger partial charge in [0.2, 0.25) is 0 Å². The highest BCUT2D eigenvalue weighted by molar-refractivity contribution is 5.76. The highest BCUT2D eigenvalue weighted by atomic mass is 15.7. The van der Waals surface area contributed by atoms with Crippen LogP contribution in [0.2, 0.25) is 0 Å². The normalized spacial score (nSPS) is 22.5. The number of fused-ring (bicyclic) bond motifs is 3. The quantitative estimate of drug-likeness (QED) is 0.697. The fraction of sp³-hybridized carbons (Fsp3) is 0.280. The van der Waals surface area contributed by atoms with Crippen molar-refractivity contribution in [3.8, 4) is 0 Å². The van der Waals surface area contributed by atoms with Crippen molar-refractivity contribution in [3.63, 3.8) is 0 Å². The molecule has 0 aliphatic carbocycles. The number of rotatable bonds is 2. The van der Waals surface area contributed by atoms with Crippen LogP contribution in [-0.4, -0.2) is 25.7 Å². The summed E-state index contributed by atoms with van der Waals surface area (Å²) in [5, 5.41) is 12.5. The summed E-state index contributed by atoms with van der Waals surface area (Å²) in [6.45, 7) is 2.97. The summed E-state index contributed by atoms with van der Waals surface area (Å²) in [5.74, 6) is 0. The molecule has 2 atom stereocenters. The van der Waals surface area contributed by atoms with Crippen molar-refractivity contribution in [2.24, 2.45) is 0 Å². The van der Waals surface area contributed by atoms with Crippen LogP contribution < -0.4 is 20.7 Å². The molecule has 0 bridgehead atoms. The van der Waals surface area contributed by atoms with E-state index in [0.717, 1.165) is 32.5 Å². The molecule has 0 saturated heterocycles. The molecule has 3 heterocycles. The van der Waals surface area contributed by atoms with Crippen LogP contribution in [0.1, 0.15) is 22.7 Å². The largest absolute Gasteiger partial charge is 0.381 e. The summed E-state index contributed by atoms with van der Waals surface area (Å²) in [6.07, 6.45) is 2.18. The van der Waals surface area contributed by atoms with Crippen LogP contribution >= 0.6 is 0 Å².